The number of nitriles is 1. The van der Waals surface area contributed by atoms with Crippen molar-refractivity contribution in [1.29, 1.82) is 5.26 Å². The Morgan fingerprint density at radius 2 is 2.21 bits per heavy atom. The molecule has 2 saturated heterocycles. The number of piperidine rings is 1. The van der Waals surface area contributed by atoms with E-state index in [0.29, 0.717) is 55.5 Å². The smallest absolute Gasteiger partial charge is 0.157 e. The highest BCUT2D eigenvalue weighted by molar-refractivity contribution is 5.66. The summed E-state index contributed by atoms with van der Waals surface area (Å²) in [4.78, 5) is 8.71. The molecule has 11 heteroatoms. The van der Waals surface area contributed by atoms with Crippen molar-refractivity contribution in [3.63, 3.8) is 0 Å². The molecule has 9 nitrogen and oxygen atoms in total. The van der Waals surface area contributed by atoms with Gasteiger partial charge in [-0.1, -0.05) is 0 Å². The molecule has 0 aliphatic carbocycles. The fourth-order valence-electron chi connectivity index (χ4n) is 4.19. The summed E-state index contributed by atoms with van der Waals surface area (Å²) < 4.78 is 41.8. The van der Waals surface area contributed by atoms with Gasteiger partial charge in [-0.3, -0.25) is 0 Å². The van der Waals surface area contributed by atoms with Gasteiger partial charge in [-0.2, -0.15) is 10.4 Å². The zero-order chi connectivity index (χ0) is 23.2. The van der Waals surface area contributed by atoms with Gasteiger partial charge in [0.25, 0.3) is 0 Å². The van der Waals surface area contributed by atoms with E-state index in [9.17, 15) is 9.65 Å². The van der Waals surface area contributed by atoms with Crippen LogP contribution < -0.4 is 15.4 Å². The van der Waals surface area contributed by atoms with E-state index >= 15 is 4.39 Å². The van der Waals surface area contributed by atoms with Crippen LogP contribution in [0.2, 0.25) is 0 Å². The molecule has 172 valence electrons. The molecule has 0 saturated carbocycles. The van der Waals surface area contributed by atoms with E-state index < -0.39 is 18.0 Å². The number of hydrogen-bond donors (Lipinski definition) is 2. The number of methoxy groups -OCH3 is 1. The van der Waals surface area contributed by atoms with Gasteiger partial charge in [0.15, 0.2) is 11.5 Å². The lowest BCUT2D eigenvalue weighted by Gasteiger charge is -2.37. The summed E-state index contributed by atoms with van der Waals surface area (Å²) >= 11 is 0. The van der Waals surface area contributed by atoms with Crippen LogP contribution in [0.4, 0.5) is 14.6 Å². The van der Waals surface area contributed by atoms with Crippen LogP contribution in [0.5, 0.6) is 5.75 Å². The molecule has 33 heavy (non-hydrogen) atoms. The first-order chi connectivity index (χ1) is 15.9. The van der Waals surface area contributed by atoms with Crippen molar-refractivity contribution in [2.45, 2.75) is 31.0 Å². The maximum absolute atomic E-state index is 15.1. The van der Waals surface area contributed by atoms with Crippen LogP contribution in [0.1, 0.15) is 24.6 Å². The predicted octanol–water partition coefficient (Wildman–Crippen LogP) is 2.21. The fraction of sp³-hybridized carbons (Fsp3) is 0.455. The van der Waals surface area contributed by atoms with Crippen molar-refractivity contribution in [2.75, 3.05) is 38.7 Å². The van der Waals surface area contributed by atoms with Crippen LogP contribution in [0.25, 0.3) is 17.0 Å². The van der Waals surface area contributed by atoms with E-state index in [2.05, 4.69) is 20.6 Å². The van der Waals surface area contributed by atoms with Crippen LogP contribution in [0.15, 0.2) is 18.3 Å². The second-order valence-electron chi connectivity index (χ2n) is 8.61. The molecule has 0 radical (unpaired) electrons. The molecule has 2 aliphatic rings. The van der Waals surface area contributed by atoms with E-state index in [1.807, 2.05) is 13.0 Å². The van der Waals surface area contributed by atoms with Gasteiger partial charge in [0, 0.05) is 12.6 Å². The number of imidazole rings is 1. The minimum atomic E-state index is -1.11. The molecule has 3 aromatic rings. The number of anilines is 1. The fourth-order valence-corrected chi connectivity index (χ4v) is 4.19. The number of hydrogen-bond acceptors (Lipinski definition) is 8. The van der Waals surface area contributed by atoms with Gasteiger partial charge in [0.2, 0.25) is 0 Å². The Kier molecular flexibility index (Phi) is 5.34. The largest absolute Gasteiger partial charge is 0.495 e. The molecule has 0 bridgehead atoms. The zero-order valence-electron chi connectivity index (χ0n) is 18.2. The number of rotatable bonds is 5. The number of nitrogens with zero attached hydrogens (tertiary/aromatic N) is 5. The third-order valence-corrected chi connectivity index (χ3v) is 6.15. The summed E-state index contributed by atoms with van der Waals surface area (Å²) in [5.74, 6) is -0.0111. The van der Waals surface area contributed by atoms with E-state index in [1.165, 1.54) is 10.7 Å². The summed E-state index contributed by atoms with van der Waals surface area (Å²) in [5.41, 5.74) is 1.05. The quantitative estimate of drug-likeness (QED) is 0.603. The molecular weight excluding hydrogens is 432 g/mol. The van der Waals surface area contributed by atoms with Crippen molar-refractivity contribution in [3.8, 4) is 23.2 Å². The molecular formula is C22H23F2N7O2. The van der Waals surface area contributed by atoms with Gasteiger partial charge >= 0.3 is 0 Å². The lowest BCUT2D eigenvalue weighted by molar-refractivity contribution is -0.0535. The number of alkyl halides is 1. The number of pyridine rings is 1. The maximum atomic E-state index is 15.1. The zero-order valence-corrected chi connectivity index (χ0v) is 18.2. The van der Waals surface area contributed by atoms with Gasteiger partial charge in [-0.15, -0.1) is 0 Å². The minimum Gasteiger partial charge on any atom is -0.495 e. The average molecular weight is 455 g/mol. The van der Waals surface area contributed by atoms with Crippen LogP contribution >= 0.6 is 0 Å². The van der Waals surface area contributed by atoms with E-state index in [0.717, 1.165) is 6.07 Å². The third-order valence-electron chi connectivity index (χ3n) is 6.15. The third kappa shape index (κ3) is 3.65. The molecule has 2 fully saturated rings. The lowest BCUT2D eigenvalue weighted by Crippen LogP contribution is -2.46. The van der Waals surface area contributed by atoms with Crippen molar-refractivity contribution in [1.82, 2.24) is 24.9 Å². The standard InChI is InChI=1S/C22H23F2N7O2/c1-22(10-33-11-22)20-17(32-2)6-18-27-9-16(31(18)30-20)19-14(24)5-12(7-25)21(29-19)28-15-8-26-4-3-13(15)23/h5-6,9,13,15,26H,3-4,8,10-11H2,1-2H3,(H,28,29)/t13-,15-/m0/s1. The van der Waals surface area contributed by atoms with Crippen LogP contribution in [-0.4, -0.2) is 65.2 Å². The first-order valence-electron chi connectivity index (χ1n) is 10.7. The summed E-state index contributed by atoms with van der Waals surface area (Å²) in [6.45, 7) is 3.95. The number of fused-ring (bicyclic) bond motifs is 1. The first-order valence-corrected chi connectivity index (χ1v) is 10.7. The molecule has 0 unspecified atom stereocenters. The highest BCUT2D eigenvalue weighted by Crippen LogP contribution is 2.37. The Bertz CT molecular complexity index is 1250. The molecule has 2 aliphatic heterocycles. The predicted molar refractivity (Wildman–Crippen MR) is 115 cm³/mol. The normalized spacial score (nSPS) is 21.9. The molecule has 2 atom stereocenters. The SMILES string of the molecule is COc1cc2ncc(-c3nc(N[C@H]4CNCC[C@@H]4F)c(C#N)cc3F)n2nc1C1(C)COC1. The topological polar surface area (TPSA) is 109 Å². The highest BCUT2D eigenvalue weighted by atomic mass is 19.1. The second-order valence-corrected chi connectivity index (χ2v) is 8.61. The van der Waals surface area contributed by atoms with Gasteiger partial charge in [-0.05, 0) is 26.0 Å². The number of ether oxygens (including phenoxy) is 2. The lowest BCUT2D eigenvalue weighted by atomic mass is 9.84. The van der Waals surface area contributed by atoms with Gasteiger partial charge < -0.3 is 20.1 Å². The Morgan fingerprint density at radius 3 is 2.88 bits per heavy atom. The summed E-state index contributed by atoms with van der Waals surface area (Å²) in [7, 11) is 1.56. The Labute approximate surface area is 188 Å². The molecule has 0 amide bonds. The Morgan fingerprint density at radius 1 is 1.39 bits per heavy atom. The van der Waals surface area contributed by atoms with Gasteiger partial charge in [0.1, 0.15) is 40.9 Å². The number of nitrogens with one attached hydrogen (secondary N) is 2. The molecule has 5 rings (SSSR count). The summed E-state index contributed by atoms with van der Waals surface area (Å²) in [6.07, 6.45) is 0.704. The minimum absolute atomic E-state index is 0.00251. The molecule has 0 spiro atoms. The van der Waals surface area contributed by atoms with Crippen LogP contribution in [0, 0.1) is 17.1 Å². The van der Waals surface area contributed by atoms with Crippen molar-refractivity contribution < 1.29 is 18.3 Å². The highest BCUT2D eigenvalue weighted by Gasteiger charge is 2.40. The molecule has 2 N–H and O–H groups in total. The van der Waals surface area contributed by atoms with Crippen molar-refractivity contribution in [2.24, 2.45) is 0 Å². The molecule has 5 heterocycles. The van der Waals surface area contributed by atoms with Crippen molar-refractivity contribution in [3.05, 3.63) is 35.4 Å². The number of aromatic nitrogens is 4. The maximum Gasteiger partial charge on any atom is 0.157 e. The van der Waals surface area contributed by atoms with Crippen molar-refractivity contribution >= 4 is 11.5 Å². The Hall–Kier alpha value is -3.36. The molecule has 0 aromatic carbocycles. The number of halogens is 2. The van der Waals surface area contributed by atoms with E-state index in [4.69, 9.17) is 14.6 Å². The first kappa shape index (κ1) is 21.5. The second kappa shape index (κ2) is 8.20. The van der Waals surface area contributed by atoms with Crippen LogP contribution in [0.3, 0.4) is 0 Å². The average Bonchev–Trinajstić information content (AvgIpc) is 3.21. The monoisotopic (exact) mass is 455 g/mol. The summed E-state index contributed by atoms with van der Waals surface area (Å²) in [6, 6.07) is 4.19. The Balaban J connectivity index is 1.60. The van der Waals surface area contributed by atoms with Gasteiger partial charge in [0.05, 0.1) is 43.5 Å². The van der Waals surface area contributed by atoms with E-state index in [-0.39, 0.29) is 22.5 Å². The van der Waals surface area contributed by atoms with E-state index in [1.54, 1.807) is 13.2 Å². The van der Waals surface area contributed by atoms with Crippen LogP contribution in [-0.2, 0) is 10.2 Å². The summed E-state index contributed by atoms with van der Waals surface area (Å²) in [5, 5.41) is 20.3. The van der Waals surface area contributed by atoms with Gasteiger partial charge in [-0.25, -0.2) is 23.3 Å². The molecule has 3 aromatic heterocycles.